The summed E-state index contributed by atoms with van der Waals surface area (Å²) < 4.78 is 28.5. The highest BCUT2D eigenvalue weighted by atomic mass is 35.5. The van der Waals surface area contributed by atoms with Crippen molar-refractivity contribution in [2.45, 2.75) is 24.5 Å². The van der Waals surface area contributed by atoms with Crippen LogP contribution in [-0.4, -0.2) is 61.5 Å². The molecule has 0 aromatic carbocycles. The van der Waals surface area contributed by atoms with Crippen LogP contribution in [0.25, 0.3) is 11.2 Å². The molecule has 0 radical (unpaired) electrons. The number of aliphatic hydroxyl groups is 1. The first-order valence-electron chi connectivity index (χ1n) is 7.18. The minimum absolute atomic E-state index is 0.0644. The van der Waals surface area contributed by atoms with Gasteiger partial charge >= 0.3 is 7.82 Å². The molecule has 0 spiro atoms. The van der Waals surface area contributed by atoms with Crippen LogP contribution in [0.4, 0.5) is 11.8 Å². The molecule has 0 bridgehead atoms. The SMILES string of the molecule is CNc1nc2c(N)nc(Cl)nc2n1C1O[C@@H]2COP(=O)(O)O[C@H]2[C@H]1O. The van der Waals surface area contributed by atoms with E-state index >= 15 is 0 Å². The fourth-order valence-corrected chi connectivity index (χ4v) is 4.07. The van der Waals surface area contributed by atoms with Gasteiger partial charge in [0.05, 0.1) is 6.61 Å². The Morgan fingerprint density at radius 3 is 2.92 bits per heavy atom. The summed E-state index contributed by atoms with van der Waals surface area (Å²) in [7, 11) is -2.62. The zero-order valence-corrected chi connectivity index (χ0v) is 14.4. The number of hydrogen-bond donors (Lipinski definition) is 4. The maximum absolute atomic E-state index is 11.6. The molecular formula is C11H14ClN6O6P. The monoisotopic (exact) mass is 392 g/mol. The lowest BCUT2D eigenvalue weighted by atomic mass is 10.1. The van der Waals surface area contributed by atoms with Crippen LogP contribution >= 0.6 is 19.4 Å². The van der Waals surface area contributed by atoms with Gasteiger partial charge in [0.15, 0.2) is 23.2 Å². The highest BCUT2D eigenvalue weighted by Gasteiger charge is 2.53. The van der Waals surface area contributed by atoms with E-state index in [2.05, 4.69) is 20.3 Å². The van der Waals surface area contributed by atoms with Crippen molar-refractivity contribution in [3.63, 3.8) is 0 Å². The van der Waals surface area contributed by atoms with Crippen molar-refractivity contribution < 1.29 is 28.3 Å². The third-order valence-electron chi connectivity index (χ3n) is 3.98. The van der Waals surface area contributed by atoms with E-state index in [-0.39, 0.29) is 34.8 Å². The molecule has 5 N–H and O–H groups in total. The molecule has 14 heteroatoms. The molecule has 2 aliphatic rings. The number of imidazole rings is 1. The fourth-order valence-electron chi connectivity index (χ4n) is 2.93. The van der Waals surface area contributed by atoms with Crippen LogP contribution < -0.4 is 11.1 Å². The number of aromatic nitrogens is 4. The molecule has 2 aromatic rings. The van der Waals surface area contributed by atoms with Crippen molar-refractivity contribution in [1.82, 2.24) is 19.5 Å². The highest BCUT2D eigenvalue weighted by molar-refractivity contribution is 7.47. The first kappa shape index (κ1) is 16.9. The molecule has 2 aromatic heterocycles. The lowest BCUT2D eigenvalue weighted by molar-refractivity contribution is -0.0659. The summed E-state index contributed by atoms with van der Waals surface area (Å²) in [6.07, 6.45) is -4.10. The smallest absolute Gasteiger partial charge is 0.386 e. The molecule has 12 nitrogen and oxygen atoms in total. The number of aliphatic hydroxyl groups excluding tert-OH is 1. The second-order valence-electron chi connectivity index (χ2n) is 5.50. The van der Waals surface area contributed by atoms with Gasteiger partial charge in [-0.25, -0.2) is 9.55 Å². The summed E-state index contributed by atoms with van der Waals surface area (Å²) in [5.41, 5.74) is 6.32. The fraction of sp³-hybridized carbons (Fsp3) is 0.545. The number of phosphoric acid groups is 1. The Labute approximate surface area is 145 Å². The third-order valence-corrected chi connectivity index (χ3v) is 5.14. The second-order valence-corrected chi connectivity index (χ2v) is 7.24. The number of nitrogens with one attached hydrogen (secondary N) is 1. The molecule has 2 aliphatic heterocycles. The molecule has 4 heterocycles. The zero-order valence-electron chi connectivity index (χ0n) is 12.7. The largest absolute Gasteiger partial charge is 0.472 e. The van der Waals surface area contributed by atoms with Gasteiger partial charge in [-0.1, -0.05) is 0 Å². The molecule has 136 valence electrons. The van der Waals surface area contributed by atoms with Crippen molar-refractivity contribution in [1.29, 1.82) is 0 Å². The van der Waals surface area contributed by atoms with E-state index in [1.54, 1.807) is 7.05 Å². The predicted octanol–water partition coefficient (Wildman–Crippen LogP) is -0.122. The van der Waals surface area contributed by atoms with Crippen molar-refractivity contribution in [2.24, 2.45) is 0 Å². The minimum atomic E-state index is -4.23. The number of ether oxygens (including phenoxy) is 1. The van der Waals surface area contributed by atoms with Crippen molar-refractivity contribution in [3.05, 3.63) is 5.28 Å². The summed E-state index contributed by atoms with van der Waals surface area (Å²) in [6.45, 7) is -0.203. The molecule has 2 saturated heterocycles. The molecular weight excluding hydrogens is 379 g/mol. The molecule has 5 atom stereocenters. The first-order chi connectivity index (χ1) is 11.8. The first-order valence-corrected chi connectivity index (χ1v) is 9.06. The number of fused-ring (bicyclic) bond motifs is 2. The van der Waals surface area contributed by atoms with Crippen LogP contribution in [-0.2, 0) is 18.3 Å². The van der Waals surface area contributed by atoms with Crippen LogP contribution in [0, 0.1) is 0 Å². The maximum Gasteiger partial charge on any atom is 0.472 e. The third kappa shape index (κ3) is 2.66. The quantitative estimate of drug-likeness (QED) is 0.397. The second kappa shape index (κ2) is 5.74. The van der Waals surface area contributed by atoms with E-state index in [9.17, 15) is 14.6 Å². The number of nitrogens with two attached hydrogens (primary N) is 1. The van der Waals surface area contributed by atoms with Gasteiger partial charge < -0.3 is 25.8 Å². The lowest BCUT2D eigenvalue weighted by Crippen LogP contribution is -2.39. The van der Waals surface area contributed by atoms with E-state index in [0.717, 1.165) is 0 Å². The molecule has 2 fully saturated rings. The summed E-state index contributed by atoms with van der Waals surface area (Å²) in [5, 5.41) is 13.3. The van der Waals surface area contributed by atoms with Gasteiger partial charge in [0.25, 0.3) is 0 Å². The average molecular weight is 393 g/mol. The molecule has 0 amide bonds. The number of nitrogen functional groups attached to an aromatic ring is 1. The minimum Gasteiger partial charge on any atom is -0.386 e. The van der Waals surface area contributed by atoms with Gasteiger partial charge in [-0.15, -0.1) is 0 Å². The Morgan fingerprint density at radius 2 is 2.20 bits per heavy atom. The summed E-state index contributed by atoms with van der Waals surface area (Å²) in [4.78, 5) is 21.7. The van der Waals surface area contributed by atoms with E-state index in [1.807, 2.05) is 0 Å². The Hall–Kier alpha value is -1.53. The zero-order chi connectivity index (χ0) is 17.9. The number of anilines is 2. The summed E-state index contributed by atoms with van der Waals surface area (Å²) >= 11 is 5.87. The van der Waals surface area contributed by atoms with Crippen LogP contribution in [0.2, 0.25) is 5.28 Å². The lowest BCUT2D eigenvalue weighted by Gasteiger charge is -2.27. The van der Waals surface area contributed by atoms with Crippen molar-refractivity contribution in [3.8, 4) is 0 Å². The summed E-state index contributed by atoms with van der Waals surface area (Å²) in [5.74, 6) is 0.351. The van der Waals surface area contributed by atoms with E-state index in [4.69, 9.17) is 31.1 Å². The van der Waals surface area contributed by atoms with Crippen LogP contribution in [0.1, 0.15) is 6.23 Å². The van der Waals surface area contributed by atoms with Crippen LogP contribution in [0.3, 0.4) is 0 Å². The van der Waals surface area contributed by atoms with Crippen LogP contribution in [0.15, 0.2) is 0 Å². The van der Waals surface area contributed by atoms with Crippen molar-refractivity contribution in [2.75, 3.05) is 24.7 Å². The molecule has 0 aliphatic carbocycles. The van der Waals surface area contributed by atoms with Gasteiger partial charge in [-0.05, 0) is 11.6 Å². The Morgan fingerprint density at radius 1 is 1.44 bits per heavy atom. The molecule has 4 rings (SSSR count). The molecule has 0 saturated carbocycles. The van der Waals surface area contributed by atoms with E-state index < -0.39 is 32.4 Å². The number of phosphoric ester groups is 1. The average Bonchev–Trinajstić information content (AvgIpc) is 3.05. The summed E-state index contributed by atoms with van der Waals surface area (Å²) in [6, 6.07) is 0. The van der Waals surface area contributed by atoms with Crippen molar-refractivity contribution >= 4 is 42.4 Å². The topological polar surface area (TPSA) is 167 Å². The standard InChI is InChI=1S/C11H14ClN6O6P/c1-14-11-15-4-7(13)16-10(12)17-8(4)18(11)9-5(19)6-3(23-9)2-22-25(20,21)24-6/h3,5-6,9,19H,2H2,1H3,(H,14,15)(H,20,21)(H2,13,16,17)/t3-,5-,6-,9?/m1/s1. The van der Waals surface area contributed by atoms with Gasteiger partial charge in [0, 0.05) is 7.05 Å². The predicted molar refractivity (Wildman–Crippen MR) is 84.9 cm³/mol. The van der Waals surface area contributed by atoms with Gasteiger partial charge in [0.2, 0.25) is 11.2 Å². The molecule has 2 unspecified atom stereocenters. The number of halogens is 1. The maximum atomic E-state index is 11.6. The Balaban J connectivity index is 1.81. The van der Waals surface area contributed by atoms with Gasteiger partial charge in [0.1, 0.15) is 18.3 Å². The molecule has 25 heavy (non-hydrogen) atoms. The van der Waals surface area contributed by atoms with E-state index in [1.165, 1.54) is 4.57 Å². The van der Waals surface area contributed by atoms with E-state index in [0.29, 0.717) is 0 Å². The number of hydrogen-bond acceptors (Lipinski definition) is 10. The van der Waals surface area contributed by atoms with Gasteiger partial charge in [-0.2, -0.15) is 9.97 Å². The van der Waals surface area contributed by atoms with Crippen LogP contribution in [0.5, 0.6) is 0 Å². The number of nitrogens with zero attached hydrogens (tertiary/aromatic N) is 4. The Bertz CT molecular complexity index is 894. The number of rotatable bonds is 2. The highest BCUT2D eigenvalue weighted by Crippen LogP contribution is 2.52. The Kier molecular flexibility index (Phi) is 3.88. The van der Waals surface area contributed by atoms with Gasteiger partial charge in [-0.3, -0.25) is 13.6 Å². The normalized spacial score (nSPS) is 35.0.